The highest BCUT2D eigenvalue weighted by Crippen LogP contribution is 2.26. The minimum absolute atomic E-state index is 0.328. The molecule has 0 bridgehead atoms. The van der Waals surface area contributed by atoms with Crippen LogP contribution >= 0.6 is 0 Å². The topological polar surface area (TPSA) is 43.1 Å². The summed E-state index contributed by atoms with van der Waals surface area (Å²) in [5, 5.41) is 0. The van der Waals surface area contributed by atoms with E-state index >= 15 is 0 Å². The zero-order valence-electron chi connectivity index (χ0n) is 9.61. The Labute approximate surface area is 96.8 Å². The van der Waals surface area contributed by atoms with Gasteiger partial charge in [0, 0.05) is 5.56 Å². The number of rotatable bonds is 3. The van der Waals surface area contributed by atoms with Gasteiger partial charge in [-0.05, 0) is 30.0 Å². The molecule has 16 heavy (non-hydrogen) atoms. The van der Waals surface area contributed by atoms with Crippen molar-refractivity contribution < 1.29 is 4.79 Å². The van der Waals surface area contributed by atoms with Crippen molar-refractivity contribution in [2.45, 2.75) is 38.5 Å². The molecule has 0 saturated heterocycles. The first-order valence-electron chi connectivity index (χ1n) is 6.14. The Morgan fingerprint density at radius 1 is 1.25 bits per heavy atom. The molecule has 0 atom stereocenters. The molecule has 0 radical (unpaired) electrons. The molecule has 2 N–H and O–H groups in total. The average Bonchev–Trinajstić information content (AvgIpc) is 2.30. The summed E-state index contributed by atoms with van der Waals surface area (Å²) in [6, 6.07) is 7.75. The Bertz CT molecular complexity index is 367. The summed E-state index contributed by atoms with van der Waals surface area (Å²) in [6.07, 6.45) is 7.88. The number of hydrogen-bond donors (Lipinski definition) is 1. The van der Waals surface area contributed by atoms with E-state index in [0.29, 0.717) is 5.56 Å². The molecule has 1 amide bonds. The van der Waals surface area contributed by atoms with Crippen LogP contribution in [0.2, 0.25) is 0 Å². The third kappa shape index (κ3) is 2.84. The number of carbonyl (C=O) groups is 1. The Balaban J connectivity index is 2.02. The lowest BCUT2D eigenvalue weighted by Crippen LogP contribution is -2.12. The van der Waals surface area contributed by atoms with Crippen molar-refractivity contribution in [3.8, 4) is 0 Å². The van der Waals surface area contributed by atoms with Gasteiger partial charge in [0.05, 0.1) is 0 Å². The Morgan fingerprint density at radius 2 is 2.00 bits per heavy atom. The van der Waals surface area contributed by atoms with Gasteiger partial charge in [-0.1, -0.05) is 44.2 Å². The predicted octanol–water partition coefficient (Wildman–Crippen LogP) is 2.91. The van der Waals surface area contributed by atoms with Gasteiger partial charge in [-0.15, -0.1) is 0 Å². The number of benzene rings is 1. The molecular weight excluding hydrogens is 198 g/mol. The molecule has 1 fully saturated rings. The summed E-state index contributed by atoms with van der Waals surface area (Å²) in [6.45, 7) is 0. The van der Waals surface area contributed by atoms with Crippen LogP contribution in [0.25, 0.3) is 0 Å². The summed E-state index contributed by atoms with van der Waals surface area (Å²) >= 11 is 0. The molecule has 2 nitrogen and oxygen atoms in total. The van der Waals surface area contributed by atoms with Gasteiger partial charge >= 0.3 is 0 Å². The molecule has 1 aliphatic rings. The van der Waals surface area contributed by atoms with Crippen molar-refractivity contribution in [3.63, 3.8) is 0 Å². The van der Waals surface area contributed by atoms with Gasteiger partial charge in [0.15, 0.2) is 0 Å². The van der Waals surface area contributed by atoms with E-state index in [1.165, 1.54) is 37.7 Å². The van der Waals surface area contributed by atoms with E-state index in [2.05, 4.69) is 6.07 Å². The molecule has 1 aromatic rings. The average molecular weight is 217 g/mol. The maximum Gasteiger partial charge on any atom is 0.248 e. The molecule has 0 aromatic heterocycles. The van der Waals surface area contributed by atoms with E-state index < -0.39 is 0 Å². The van der Waals surface area contributed by atoms with E-state index in [1.807, 2.05) is 12.1 Å². The fraction of sp³-hybridized carbons (Fsp3) is 0.500. The van der Waals surface area contributed by atoms with Gasteiger partial charge in [0.2, 0.25) is 5.91 Å². The number of nitrogens with two attached hydrogens (primary N) is 1. The summed E-state index contributed by atoms with van der Waals surface area (Å²) < 4.78 is 0. The van der Waals surface area contributed by atoms with Gasteiger partial charge in [-0.2, -0.15) is 0 Å². The summed E-state index contributed by atoms with van der Waals surface area (Å²) in [5.41, 5.74) is 7.16. The monoisotopic (exact) mass is 217 g/mol. The van der Waals surface area contributed by atoms with Crippen LogP contribution < -0.4 is 5.73 Å². The third-order valence-electron chi connectivity index (χ3n) is 3.46. The smallest absolute Gasteiger partial charge is 0.248 e. The Kier molecular flexibility index (Phi) is 3.60. The molecule has 1 aliphatic carbocycles. The highest BCUT2D eigenvalue weighted by molar-refractivity contribution is 5.92. The summed E-state index contributed by atoms with van der Waals surface area (Å²) in [5.74, 6) is 0.474. The first kappa shape index (κ1) is 11.2. The summed E-state index contributed by atoms with van der Waals surface area (Å²) in [7, 11) is 0. The second-order valence-electron chi connectivity index (χ2n) is 4.77. The molecule has 2 rings (SSSR count). The lowest BCUT2D eigenvalue weighted by Gasteiger charge is -2.21. The third-order valence-corrected chi connectivity index (χ3v) is 3.46. The van der Waals surface area contributed by atoms with E-state index in [9.17, 15) is 4.79 Å². The van der Waals surface area contributed by atoms with Crippen molar-refractivity contribution in [1.29, 1.82) is 0 Å². The van der Waals surface area contributed by atoms with Crippen molar-refractivity contribution in [2.75, 3.05) is 0 Å². The fourth-order valence-electron chi connectivity index (χ4n) is 2.58. The standard InChI is InChI=1S/C14H19NO/c15-14(16)13-8-4-7-12(10-13)9-11-5-2-1-3-6-11/h4,7-8,10-11H,1-3,5-6,9H2,(H2,15,16). The molecular formula is C14H19NO. The van der Waals surface area contributed by atoms with Gasteiger partial charge in [0.1, 0.15) is 0 Å². The van der Waals surface area contributed by atoms with Crippen LogP contribution in [0.3, 0.4) is 0 Å². The molecule has 0 heterocycles. The highest BCUT2D eigenvalue weighted by atomic mass is 16.1. The highest BCUT2D eigenvalue weighted by Gasteiger charge is 2.14. The molecule has 1 saturated carbocycles. The molecule has 0 spiro atoms. The summed E-state index contributed by atoms with van der Waals surface area (Å²) in [4.78, 5) is 11.1. The largest absolute Gasteiger partial charge is 0.366 e. The zero-order chi connectivity index (χ0) is 11.4. The quantitative estimate of drug-likeness (QED) is 0.831. The van der Waals surface area contributed by atoms with Crippen LogP contribution in [0, 0.1) is 5.92 Å². The fourth-order valence-corrected chi connectivity index (χ4v) is 2.58. The number of amides is 1. The molecule has 86 valence electrons. The second kappa shape index (κ2) is 5.15. The first-order chi connectivity index (χ1) is 7.75. The van der Waals surface area contributed by atoms with Crippen LogP contribution in [0.15, 0.2) is 24.3 Å². The normalized spacial score (nSPS) is 17.2. The van der Waals surface area contributed by atoms with E-state index in [1.54, 1.807) is 6.07 Å². The predicted molar refractivity (Wildman–Crippen MR) is 65.2 cm³/mol. The van der Waals surface area contributed by atoms with E-state index in [0.717, 1.165) is 12.3 Å². The van der Waals surface area contributed by atoms with Crippen molar-refractivity contribution in [3.05, 3.63) is 35.4 Å². The lowest BCUT2D eigenvalue weighted by molar-refractivity contribution is 0.1000. The van der Waals surface area contributed by atoms with Crippen LogP contribution in [-0.2, 0) is 6.42 Å². The number of primary amides is 1. The van der Waals surface area contributed by atoms with Gasteiger partial charge in [-0.3, -0.25) is 4.79 Å². The zero-order valence-corrected chi connectivity index (χ0v) is 9.61. The number of carbonyl (C=O) groups excluding carboxylic acids is 1. The maximum atomic E-state index is 11.1. The van der Waals surface area contributed by atoms with Crippen LogP contribution in [0.5, 0.6) is 0 Å². The van der Waals surface area contributed by atoms with Crippen molar-refractivity contribution in [2.24, 2.45) is 11.7 Å². The minimum Gasteiger partial charge on any atom is -0.366 e. The molecule has 2 heteroatoms. The first-order valence-corrected chi connectivity index (χ1v) is 6.14. The molecule has 0 unspecified atom stereocenters. The lowest BCUT2D eigenvalue weighted by atomic mass is 9.84. The van der Waals surface area contributed by atoms with Crippen LogP contribution in [0.1, 0.15) is 48.0 Å². The number of hydrogen-bond acceptors (Lipinski definition) is 1. The van der Waals surface area contributed by atoms with Crippen LogP contribution in [-0.4, -0.2) is 5.91 Å². The SMILES string of the molecule is NC(=O)c1cccc(CC2CCCCC2)c1. The molecule has 0 aliphatic heterocycles. The van der Waals surface area contributed by atoms with Gasteiger partial charge < -0.3 is 5.73 Å². The van der Waals surface area contributed by atoms with Crippen molar-refractivity contribution >= 4 is 5.91 Å². The van der Waals surface area contributed by atoms with Crippen molar-refractivity contribution in [1.82, 2.24) is 0 Å². The van der Waals surface area contributed by atoms with Crippen LogP contribution in [0.4, 0.5) is 0 Å². The second-order valence-corrected chi connectivity index (χ2v) is 4.77. The minimum atomic E-state index is -0.328. The van der Waals surface area contributed by atoms with Gasteiger partial charge in [-0.25, -0.2) is 0 Å². The Hall–Kier alpha value is -1.31. The Morgan fingerprint density at radius 3 is 2.69 bits per heavy atom. The maximum absolute atomic E-state index is 11.1. The molecule has 1 aromatic carbocycles. The van der Waals surface area contributed by atoms with Gasteiger partial charge in [0.25, 0.3) is 0 Å². The van der Waals surface area contributed by atoms with E-state index in [4.69, 9.17) is 5.73 Å². The van der Waals surface area contributed by atoms with E-state index in [-0.39, 0.29) is 5.91 Å².